The number of allylic oxidation sites excluding steroid dienone is 1. The van der Waals surface area contributed by atoms with E-state index in [-0.39, 0.29) is 12.5 Å². The third kappa shape index (κ3) is 6.79. The van der Waals surface area contributed by atoms with Gasteiger partial charge in [0.25, 0.3) is 5.91 Å². The van der Waals surface area contributed by atoms with Crippen LogP contribution in [0.4, 0.5) is 0 Å². The smallest absolute Gasteiger partial charge is 0.341 e. The van der Waals surface area contributed by atoms with Gasteiger partial charge in [0.1, 0.15) is 18.1 Å². The predicted octanol–water partition coefficient (Wildman–Crippen LogP) is 3.77. The van der Waals surface area contributed by atoms with Crippen molar-refractivity contribution in [2.45, 2.75) is 20.4 Å². The van der Waals surface area contributed by atoms with Crippen molar-refractivity contribution >= 4 is 11.9 Å². The Labute approximate surface area is 165 Å². The summed E-state index contributed by atoms with van der Waals surface area (Å²) in [4.78, 5) is 24.8. The number of ether oxygens (including phenoxy) is 2. The van der Waals surface area contributed by atoms with Crippen molar-refractivity contribution in [3.05, 3.63) is 71.3 Å². The molecule has 0 saturated carbocycles. The zero-order valence-electron chi connectivity index (χ0n) is 16.3. The first-order chi connectivity index (χ1) is 13.3. The zero-order valence-corrected chi connectivity index (χ0v) is 16.3. The summed E-state index contributed by atoms with van der Waals surface area (Å²) >= 11 is 0. The van der Waals surface area contributed by atoms with Crippen LogP contribution in [0.5, 0.6) is 11.5 Å². The largest absolute Gasteiger partial charge is 0.490 e. The summed E-state index contributed by atoms with van der Waals surface area (Å²) in [5.74, 6) is -0.0154. The molecule has 0 unspecified atom stereocenters. The van der Waals surface area contributed by atoms with Gasteiger partial charge in [-0.1, -0.05) is 23.8 Å². The van der Waals surface area contributed by atoms with Crippen LogP contribution in [0.2, 0.25) is 0 Å². The highest BCUT2D eigenvalue weighted by molar-refractivity contribution is 5.94. The molecule has 1 N–H and O–H groups in total. The number of aliphatic carboxylic acids is 1. The molecule has 0 aromatic heterocycles. The number of nitrogens with zero attached hydrogens (tertiary/aromatic N) is 1. The fourth-order valence-corrected chi connectivity index (χ4v) is 2.43. The Morgan fingerprint density at radius 1 is 1.04 bits per heavy atom. The van der Waals surface area contributed by atoms with Crippen molar-refractivity contribution in [2.24, 2.45) is 0 Å². The number of hydrogen-bond donors (Lipinski definition) is 1. The first-order valence-electron chi connectivity index (χ1n) is 8.90. The molecule has 0 aliphatic heterocycles. The van der Waals surface area contributed by atoms with Crippen LogP contribution >= 0.6 is 0 Å². The Kier molecular flexibility index (Phi) is 7.63. The van der Waals surface area contributed by atoms with Gasteiger partial charge in [0, 0.05) is 19.2 Å². The quantitative estimate of drug-likeness (QED) is 0.667. The van der Waals surface area contributed by atoms with Crippen molar-refractivity contribution in [1.82, 2.24) is 4.90 Å². The molecule has 0 bridgehead atoms. The van der Waals surface area contributed by atoms with E-state index in [0.29, 0.717) is 30.2 Å². The summed E-state index contributed by atoms with van der Waals surface area (Å²) in [7, 11) is 1.73. The zero-order chi connectivity index (χ0) is 20.5. The monoisotopic (exact) mass is 383 g/mol. The SMILES string of the molecule is CC(C)=CCOc1cccc(C(=O)N(C)Cc2ccc(OCC(=O)O)cc2)c1. The van der Waals surface area contributed by atoms with E-state index >= 15 is 0 Å². The molecule has 6 heteroatoms. The highest BCUT2D eigenvalue weighted by Gasteiger charge is 2.13. The summed E-state index contributed by atoms with van der Waals surface area (Å²) in [6, 6.07) is 14.1. The van der Waals surface area contributed by atoms with E-state index < -0.39 is 5.97 Å². The van der Waals surface area contributed by atoms with Crippen LogP contribution in [0.25, 0.3) is 0 Å². The molecule has 0 heterocycles. The van der Waals surface area contributed by atoms with Gasteiger partial charge in [-0.3, -0.25) is 4.79 Å². The van der Waals surface area contributed by atoms with Crippen LogP contribution in [-0.2, 0) is 11.3 Å². The molecule has 0 radical (unpaired) electrons. The standard InChI is InChI=1S/C22H25NO5/c1-16(2)11-12-27-20-6-4-5-18(13-20)22(26)23(3)14-17-7-9-19(10-8-17)28-15-21(24)25/h4-11,13H,12,14-15H2,1-3H3,(H,24,25). The molecule has 6 nitrogen and oxygen atoms in total. The maximum absolute atomic E-state index is 12.7. The van der Waals surface area contributed by atoms with Gasteiger partial charge in [-0.25, -0.2) is 4.79 Å². The van der Waals surface area contributed by atoms with Gasteiger partial charge in [0.2, 0.25) is 0 Å². The van der Waals surface area contributed by atoms with Crippen LogP contribution < -0.4 is 9.47 Å². The topological polar surface area (TPSA) is 76.1 Å². The molecule has 0 aliphatic rings. The van der Waals surface area contributed by atoms with Crippen LogP contribution in [-0.4, -0.2) is 42.1 Å². The average Bonchev–Trinajstić information content (AvgIpc) is 2.66. The van der Waals surface area contributed by atoms with Crippen molar-refractivity contribution in [1.29, 1.82) is 0 Å². The Balaban J connectivity index is 1.96. The number of amides is 1. The molecule has 2 aromatic rings. The van der Waals surface area contributed by atoms with Gasteiger partial charge >= 0.3 is 5.97 Å². The van der Waals surface area contributed by atoms with E-state index in [1.54, 1.807) is 54.4 Å². The van der Waals surface area contributed by atoms with Gasteiger partial charge in [-0.2, -0.15) is 0 Å². The van der Waals surface area contributed by atoms with Gasteiger partial charge < -0.3 is 19.5 Å². The lowest BCUT2D eigenvalue weighted by Gasteiger charge is -2.18. The molecular formula is C22H25NO5. The number of carboxylic acids is 1. The second-order valence-corrected chi connectivity index (χ2v) is 6.61. The molecule has 0 spiro atoms. The first-order valence-corrected chi connectivity index (χ1v) is 8.90. The number of carbonyl (C=O) groups is 2. The van der Waals surface area contributed by atoms with Crippen LogP contribution in [0.15, 0.2) is 60.2 Å². The lowest BCUT2D eigenvalue weighted by molar-refractivity contribution is -0.139. The maximum Gasteiger partial charge on any atom is 0.341 e. The molecule has 148 valence electrons. The average molecular weight is 383 g/mol. The van der Waals surface area contributed by atoms with E-state index in [1.807, 2.05) is 26.0 Å². The highest BCUT2D eigenvalue weighted by Crippen LogP contribution is 2.17. The fraction of sp³-hybridized carbons (Fsp3) is 0.273. The van der Waals surface area contributed by atoms with Gasteiger partial charge in [0.05, 0.1) is 0 Å². The number of carbonyl (C=O) groups excluding carboxylic acids is 1. The van der Waals surface area contributed by atoms with Crippen molar-refractivity contribution in [3.63, 3.8) is 0 Å². The lowest BCUT2D eigenvalue weighted by Crippen LogP contribution is -2.26. The Bertz CT molecular complexity index is 838. The lowest BCUT2D eigenvalue weighted by atomic mass is 10.1. The minimum absolute atomic E-state index is 0.112. The molecule has 0 atom stereocenters. The van der Waals surface area contributed by atoms with Gasteiger partial charge in [0.15, 0.2) is 6.61 Å². The first kappa shape index (κ1) is 21.0. The Hall–Kier alpha value is -3.28. The number of rotatable bonds is 9. The van der Waals surface area contributed by atoms with Crippen LogP contribution in [0.3, 0.4) is 0 Å². The van der Waals surface area contributed by atoms with Gasteiger partial charge in [-0.15, -0.1) is 0 Å². The second kappa shape index (κ2) is 10.2. The minimum Gasteiger partial charge on any atom is -0.490 e. The number of benzene rings is 2. The van der Waals surface area contributed by atoms with E-state index in [4.69, 9.17) is 14.6 Å². The molecule has 0 saturated heterocycles. The summed E-state index contributed by atoms with van der Waals surface area (Å²) in [5.41, 5.74) is 2.64. The third-order valence-corrected chi connectivity index (χ3v) is 3.87. The Morgan fingerprint density at radius 3 is 2.39 bits per heavy atom. The maximum atomic E-state index is 12.7. The van der Waals surface area contributed by atoms with Crippen LogP contribution in [0.1, 0.15) is 29.8 Å². The molecular weight excluding hydrogens is 358 g/mol. The third-order valence-electron chi connectivity index (χ3n) is 3.87. The molecule has 1 amide bonds. The van der Waals surface area contributed by atoms with E-state index in [9.17, 15) is 9.59 Å². The molecule has 0 fully saturated rings. The van der Waals surface area contributed by atoms with Gasteiger partial charge in [-0.05, 0) is 55.8 Å². The summed E-state index contributed by atoms with van der Waals surface area (Å²) in [5, 5.41) is 8.63. The molecule has 2 rings (SSSR count). The highest BCUT2D eigenvalue weighted by atomic mass is 16.5. The normalized spacial score (nSPS) is 10.1. The van der Waals surface area contributed by atoms with Crippen molar-refractivity contribution in [3.8, 4) is 11.5 Å². The molecule has 28 heavy (non-hydrogen) atoms. The van der Waals surface area contributed by atoms with E-state index in [2.05, 4.69) is 0 Å². The Morgan fingerprint density at radius 2 is 1.75 bits per heavy atom. The predicted molar refractivity (Wildman–Crippen MR) is 107 cm³/mol. The summed E-state index contributed by atoms with van der Waals surface area (Å²) in [6.07, 6.45) is 1.98. The van der Waals surface area contributed by atoms with Crippen LogP contribution in [0, 0.1) is 0 Å². The van der Waals surface area contributed by atoms with E-state index in [1.165, 1.54) is 5.57 Å². The van der Waals surface area contributed by atoms with E-state index in [0.717, 1.165) is 5.56 Å². The second-order valence-electron chi connectivity index (χ2n) is 6.61. The minimum atomic E-state index is -1.03. The number of hydrogen-bond acceptors (Lipinski definition) is 4. The summed E-state index contributed by atoms with van der Waals surface area (Å²) in [6.45, 7) is 4.50. The molecule has 0 aliphatic carbocycles. The summed E-state index contributed by atoms with van der Waals surface area (Å²) < 4.78 is 10.8. The fourth-order valence-electron chi connectivity index (χ4n) is 2.43. The van der Waals surface area contributed by atoms with Crippen molar-refractivity contribution in [2.75, 3.05) is 20.3 Å². The molecule has 2 aromatic carbocycles. The van der Waals surface area contributed by atoms with Crippen molar-refractivity contribution < 1.29 is 24.2 Å². The number of carboxylic acid groups (broad SMARTS) is 1.